The smallest absolute Gasteiger partial charge is 0.387 e. The molecule has 1 saturated carbocycles. The molecule has 3 rings (SSSR count). The van der Waals surface area contributed by atoms with E-state index < -0.39 is 16.8 Å². The minimum Gasteiger partial charge on any atom is -0.493 e. The quantitative estimate of drug-likeness (QED) is 0.839. The van der Waals surface area contributed by atoms with Crippen LogP contribution in [-0.4, -0.2) is 39.0 Å². The summed E-state index contributed by atoms with van der Waals surface area (Å²) in [6.45, 7) is -1.51. The summed E-state index contributed by atoms with van der Waals surface area (Å²) in [5.74, 6) is 0.895. The molecule has 0 radical (unpaired) electrons. The molecule has 1 aliphatic heterocycles. The summed E-state index contributed by atoms with van der Waals surface area (Å²) >= 11 is 0. The van der Waals surface area contributed by atoms with Gasteiger partial charge >= 0.3 is 6.61 Å². The van der Waals surface area contributed by atoms with Gasteiger partial charge in [0.25, 0.3) is 10.2 Å². The van der Waals surface area contributed by atoms with Crippen molar-refractivity contribution >= 4 is 10.2 Å². The summed E-state index contributed by atoms with van der Waals surface area (Å²) in [5.41, 5.74) is 0.123. The highest BCUT2D eigenvalue weighted by molar-refractivity contribution is 7.86. The first-order valence-corrected chi connectivity index (χ1v) is 9.24. The number of ether oxygens (including phenoxy) is 2. The molecule has 2 N–H and O–H groups in total. The Labute approximate surface area is 139 Å². The highest BCUT2D eigenvalue weighted by atomic mass is 32.2. The molecule has 1 aromatic carbocycles. The number of halogens is 2. The third kappa shape index (κ3) is 3.96. The molecule has 134 valence electrons. The number of alkyl halides is 2. The number of benzene rings is 1. The topological polar surface area (TPSA) is 81.9 Å². The van der Waals surface area contributed by atoms with Gasteiger partial charge < -0.3 is 9.47 Å². The largest absolute Gasteiger partial charge is 0.493 e. The van der Waals surface area contributed by atoms with E-state index in [0.717, 1.165) is 19.3 Å². The molecule has 2 aliphatic rings. The van der Waals surface area contributed by atoms with Crippen LogP contribution in [0.25, 0.3) is 0 Å². The Bertz CT molecular complexity index is 690. The first kappa shape index (κ1) is 17.4. The van der Waals surface area contributed by atoms with Crippen molar-refractivity contribution in [3.63, 3.8) is 0 Å². The summed E-state index contributed by atoms with van der Waals surface area (Å²) < 4.78 is 58.4. The maximum Gasteiger partial charge on any atom is 0.387 e. The predicted molar refractivity (Wildman–Crippen MR) is 83.0 cm³/mol. The van der Waals surface area contributed by atoms with Gasteiger partial charge in [0.1, 0.15) is 11.5 Å². The van der Waals surface area contributed by atoms with Gasteiger partial charge in [0.05, 0.1) is 6.61 Å². The van der Waals surface area contributed by atoms with E-state index in [1.807, 2.05) is 0 Å². The second-order valence-corrected chi connectivity index (χ2v) is 7.92. The molecule has 0 bridgehead atoms. The molecule has 1 heterocycles. The average molecular weight is 362 g/mol. The fraction of sp³-hybridized carbons (Fsp3) is 0.600. The SMILES string of the molecule is NS(=O)(=O)N1CCC2(CC1)CC2COc1cccc(OC(F)F)c1. The van der Waals surface area contributed by atoms with E-state index in [1.54, 1.807) is 12.1 Å². The van der Waals surface area contributed by atoms with Crippen LogP contribution in [0.3, 0.4) is 0 Å². The number of nitrogens with zero attached hydrogens (tertiary/aromatic N) is 1. The van der Waals surface area contributed by atoms with Crippen molar-refractivity contribution in [1.82, 2.24) is 4.31 Å². The molecule has 2 fully saturated rings. The molecular formula is C15H20F2N2O4S. The number of piperidine rings is 1. The van der Waals surface area contributed by atoms with Gasteiger partial charge in [-0.2, -0.15) is 21.5 Å². The van der Waals surface area contributed by atoms with Crippen molar-refractivity contribution in [1.29, 1.82) is 0 Å². The molecular weight excluding hydrogens is 342 g/mol. The van der Waals surface area contributed by atoms with Crippen LogP contribution in [-0.2, 0) is 10.2 Å². The second kappa shape index (κ2) is 6.45. The highest BCUT2D eigenvalue weighted by Gasteiger charge is 2.55. The molecule has 0 aromatic heterocycles. The molecule has 1 aromatic rings. The molecule has 0 amide bonds. The minimum atomic E-state index is -3.61. The maximum absolute atomic E-state index is 12.2. The first-order chi connectivity index (χ1) is 11.3. The lowest BCUT2D eigenvalue weighted by Gasteiger charge is -2.30. The Hall–Kier alpha value is -1.45. The van der Waals surface area contributed by atoms with Gasteiger partial charge in [-0.1, -0.05) is 6.07 Å². The lowest BCUT2D eigenvalue weighted by Crippen LogP contribution is -2.43. The first-order valence-electron chi connectivity index (χ1n) is 7.74. The zero-order valence-electron chi connectivity index (χ0n) is 13.0. The van der Waals surface area contributed by atoms with E-state index in [4.69, 9.17) is 9.88 Å². The Kier molecular flexibility index (Phi) is 4.67. The average Bonchev–Trinajstić information content (AvgIpc) is 3.16. The molecule has 1 unspecified atom stereocenters. The van der Waals surface area contributed by atoms with Crippen molar-refractivity contribution < 1.29 is 26.7 Å². The van der Waals surface area contributed by atoms with Gasteiger partial charge in [-0.15, -0.1) is 0 Å². The van der Waals surface area contributed by atoms with Gasteiger partial charge in [-0.25, -0.2) is 5.14 Å². The summed E-state index contributed by atoms with van der Waals surface area (Å²) in [4.78, 5) is 0. The fourth-order valence-corrected chi connectivity index (χ4v) is 4.09. The molecule has 1 atom stereocenters. The fourth-order valence-electron chi connectivity index (χ4n) is 3.40. The Morgan fingerprint density at radius 1 is 1.29 bits per heavy atom. The number of rotatable bonds is 6. The van der Waals surface area contributed by atoms with Crippen LogP contribution in [0.2, 0.25) is 0 Å². The van der Waals surface area contributed by atoms with Gasteiger partial charge in [0, 0.05) is 19.2 Å². The molecule has 1 aliphatic carbocycles. The van der Waals surface area contributed by atoms with Gasteiger partial charge in [0.2, 0.25) is 0 Å². The Morgan fingerprint density at radius 3 is 2.58 bits per heavy atom. The number of nitrogens with two attached hydrogens (primary N) is 1. The number of hydrogen-bond acceptors (Lipinski definition) is 4. The normalized spacial score (nSPS) is 23.4. The van der Waals surface area contributed by atoms with Crippen LogP contribution in [0.15, 0.2) is 24.3 Å². The van der Waals surface area contributed by atoms with Crippen molar-refractivity contribution in [2.45, 2.75) is 25.9 Å². The molecule has 1 spiro atoms. The van der Waals surface area contributed by atoms with Gasteiger partial charge in [-0.05, 0) is 42.7 Å². The Morgan fingerprint density at radius 2 is 1.96 bits per heavy atom. The Balaban J connectivity index is 1.50. The van der Waals surface area contributed by atoms with Crippen LogP contribution in [0.5, 0.6) is 11.5 Å². The van der Waals surface area contributed by atoms with Gasteiger partial charge in [0.15, 0.2) is 0 Å². The molecule has 24 heavy (non-hydrogen) atoms. The zero-order valence-corrected chi connectivity index (χ0v) is 13.8. The summed E-state index contributed by atoms with van der Waals surface area (Å²) in [5, 5.41) is 5.15. The highest BCUT2D eigenvalue weighted by Crippen LogP contribution is 2.59. The molecule has 6 nitrogen and oxygen atoms in total. The van der Waals surface area contributed by atoms with Crippen LogP contribution in [0.4, 0.5) is 8.78 Å². The van der Waals surface area contributed by atoms with E-state index in [9.17, 15) is 17.2 Å². The van der Waals surface area contributed by atoms with E-state index in [0.29, 0.717) is 31.4 Å². The lowest BCUT2D eigenvalue weighted by atomic mass is 9.92. The monoisotopic (exact) mass is 362 g/mol. The maximum atomic E-state index is 12.2. The predicted octanol–water partition coefficient (Wildman–Crippen LogP) is 1.97. The van der Waals surface area contributed by atoms with Crippen molar-refractivity contribution in [2.75, 3.05) is 19.7 Å². The van der Waals surface area contributed by atoms with Crippen LogP contribution in [0.1, 0.15) is 19.3 Å². The van der Waals surface area contributed by atoms with Crippen LogP contribution < -0.4 is 14.6 Å². The van der Waals surface area contributed by atoms with E-state index >= 15 is 0 Å². The molecule has 1 saturated heterocycles. The third-order valence-electron chi connectivity index (χ3n) is 4.92. The summed E-state index contributed by atoms with van der Waals surface area (Å²) in [6.07, 6.45) is 2.52. The van der Waals surface area contributed by atoms with Gasteiger partial charge in [-0.3, -0.25) is 0 Å². The van der Waals surface area contributed by atoms with Crippen LogP contribution in [0, 0.1) is 11.3 Å². The zero-order chi connectivity index (χ0) is 17.4. The lowest BCUT2D eigenvalue weighted by molar-refractivity contribution is -0.0499. The third-order valence-corrected chi connectivity index (χ3v) is 6.00. The van der Waals surface area contributed by atoms with Crippen molar-refractivity contribution in [3.05, 3.63) is 24.3 Å². The molecule has 9 heteroatoms. The van der Waals surface area contributed by atoms with Crippen molar-refractivity contribution in [3.8, 4) is 11.5 Å². The standard InChI is InChI=1S/C15H20F2N2O4S/c16-14(17)23-13-3-1-2-12(8-13)22-10-11-9-15(11)4-6-19(7-5-15)24(18,20)21/h1-3,8,11,14H,4-7,9-10H2,(H2,18,20,21). The van der Waals surface area contributed by atoms with E-state index in [1.165, 1.54) is 16.4 Å². The number of hydrogen-bond donors (Lipinski definition) is 1. The minimum absolute atomic E-state index is 0.0643. The van der Waals surface area contributed by atoms with E-state index in [-0.39, 0.29) is 11.2 Å². The summed E-state index contributed by atoms with van der Waals surface area (Å²) in [7, 11) is -3.61. The summed E-state index contributed by atoms with van der Waals surface area (Å²) in [6, 6.07) is 6.17. The van der Waals surface area contributed by atoms with Crippen LogP contribution >= 0.6 is 0 Å². The van der Waals surface area contributed by atoms with E-state index in [2.05, 4.69) is 4.74 Å². The van der Waals surface area contributed by atoms with Crippen molar-refractivity contribution in [2.24, 2.45) is 16.5 Å². The second-order valence-electron chi connectivity index (χ2n) is 6.37.